The molecule has 1 aromatic rings. The molecule has 104 valence electrons. The molecule has 1 unspecified atom stereocenters. The fourth-order valence-electron chi connectivity index (χ4n) is 1.43. The van der Waals surface area contributed by atoms with Gasteiger partial charge in [-0.05, 0) is 18.6 Å². The summed E-state index contributed by atoms with van der Waals surface area (Å²) in [5.74, 6) is -1.29. The van der Waals surface area contributed by atoms with Crippen LogP contribution in [0.4, 0.5) is 10.1 Å². The lowest BCUT2D eigenvalue weighted by atomic mass is 10.3. The number of benzene rings is 1. The fourth-order valence-corrected chi connectivity index (χ4v) is 2.40. The monoisotopic (exact) mass is 285 g/mol. The second-order valence-electron chi connectivity index (χ2n) is 3.88. The van der Waals surface area contributed by atoms with Crippen LogP contribution < -0.4 is 5.32 Å². The number of para-hydroxylation sites is 1. The van der Waals surface area contributed by atoms with E-state index in [2.05, 4.69) is 5.32 Å². The van der Waals surface area contributed by atoms with E-state index in [1.165, 1.54) is 23.9 Å². The molecule has 1 atom stereocenters. The zero-order valence-electron chi connectivity index (χ0n) is 10.6. The van der Waals surface area contributed by atoms with Crippen LogP contribution in [0.25, 0.3) is 0 Å². The predicted molar refractivity (Wildman–Crippen MR) is 73.8 cm³/mol. The molecule has 0 aromatic heterocycles. The van der Waals surface area contributed by atoms with Crippen LogP contribution in [0.3, 0.4) is 0 Å². The quantitative estimate of drug-likeness (QED) is 0.808. The van der Waals surface area contributed by atoms with Gasteiger partial charge in [-0.2, -0.15) is 0 Å². The third-order valence-electron chi connectivity index (χ3n) is 2.44. The normalized spacial score (nSPS) is 11.9. The van der Waals surface area contributed by atoms with E-state index in [1.54, 1.807) is 19.1 Å². The highest BCUT2D eigenvalue weighted by molar-refractivity contribution is 8.00. The average molecular weight is 285 g/mol. The van der Waals surface area contributed by atoms with Crippen molar-refractivity contribution in [1.82, 2.24) is 0 Å². The zero-order chi connectivity index (χ0) is 14.3. The molecule has 1 aromatic carbocycles. The van der Waals surface area contributed by atoms with Crippen molar-refractivity contribution in [3.8, 4) is 0 Å². The minimum Gasteiger partial charge on any atom is -0.480 e. The molecule has 0 aliphatic rings. The van der Waals surface area contributed by atoms with Crippen LogP contribution in [0.5, 0.6) is 0 Å². The summed E-state index contributed by atoms with van der Waals surface area (Å²) in [7, 11) is 0. The maximum atomic E-state index is 13.3. The Morgan fingerprint density at radius 3 is 2.68 bits per heavy atom. The van der Waals surface area contributed by atoms with Crippen LogP contribution in [-0.2, 0) is 9.59 Å². The van der Waals surface area contributed by atoms with E-state index in [-0.39, 0.29) is 18.0 Å². The Labute approximate surface area is 115 Å². The van der Waals surface area contributed by atoms with Gasteiger partial charge < -0.3 is 10.4 Å². The molecule has 0 saturated heterocycles. The fraction of sp³-hybridized carbons (Fsp3) is 0.385. The van der Waals surface area contributed by atoms with Crippen LogP contribution in [0.2, 0.25) is 0 Å². The number of carbonyl (C=O) groups is 2. The van der Waals surface area contributed by atoms with Gasteiger partial charge in [0, 0.05) is 12.2 Å². The summed E-state index contributed by atoms with van der Waals surface area (Å²) < 4.78 is 13.3. The van der Waals surface area contributed by atoms with E-state index in [4.69, 9.17) is 5.11 Å². The first-order valence-corrected chi connectivity index (χ1v) is 6.98. The van der Waals surface area contributed by atoms with E-state index in [0.29, 0.717) is 12.2 Å². The lowest BCUT2D eigenvalue weighted by molar-refractivity contribution is -0.136. The Bertz CT molecular complexity index is 453. The van der Waals surface area contributed by atoms with Gasteiger partial charge >= 0.3 is 5.97 Å². The van der Waals surface area contributed by atoms with Gasteiger partial charge in [0.1, 0.15) is 11.1 Å². The SMILES string of the molecule is CCC(SCCC(=O)Nc1ccccc1F)C(=O)O. The summed E-state index contributed by atoms with van der Waals surface area (Å²) in [6.45, 7) is 1.78. The molecule has 2 N–H and O–H groups in total. The second-order valence-corrected chi connectivity index (χ2v) is 5.19. The number of carboxylic acid groups (broad SMARTS) is 1. The van der Waals surface area contributed by atoms with E-state index >= 15 is 0 Å². The first-order valence-electron chi connectivity index (χ1n) is 5.93. The van der Waals surface area contributed by atoms with Crippen molar-refractivity contribution in [3.05, 3.63) is 30.1 Å². The maximum absolute atomic E-state index is 13.3. The highest BCUT2D eigenvalue weighted by Crippen LogP contribution is 2.17. The Morgan fingerprint density at radius 1 is 1.42 bits per heavy atom. The van der Waals surface area contributed by atoms with Crippen molar-refractivity contribution >= 4 is 29.3 Å². The summed E-state index contributed by atoms with van der Waals surface area (Å²) >= 11 is 1.22. The van der Waals surface area contributed by atoms with Crippen LogP contribution in [0, 0.1) is 5.82 Å². The first kappa shape index (κ1) is 15.5. The van der Waals surface area contributed by atoms with Crippen molar-refractivity contribution < 1.29 is 19.1 Å². The van der Waals surface area contributed by atoms with Gasteiger partial charge in [-0.15, -0.1) is 11.8 Å². The van der Waals surface area contributed by atoms with Gasteiger partial charge in [0.05, 0.1) is 5.69 Å². The van der Waals surface area contributed by atoms with Crippen molar-refractivity contribution in [1.29, 1.82) is 0 Å². The van der Waals surface area contributed by atoms with Gasteiger partial charge in [-0.3, -0.25) is 9.59 Å². The number of amides is 1. The Kier molecular flexibility index (Phi) is 6.35. The number of thioether (sulfide) groups is 1. The third-order valence-corrected chi connectivity index (χ3v) is 3.82. The van der Waals surface area contributed by atoms with Crippen molar-refractivity contribution in [2.75, 3.05) is 11.1 Å². The minimum absolute atomic E-state index is 0.141. The highest BCUT2D eigenvalue weighted by Gasteiger charge is 2.15. The summed E-state index contributed by atoms with van der Waals surface area (Å²) in [6.07, 6.45) is 0.664. The third kappa shape index (κ3) is 5.30. The van der Waals surface area contributed by atoms with E-state index < -0.39 is 17.0 Å². The number of halogens is 1. The first-order chi connectivity index (χ1) is 9.04. The van der Waals surface area contributed by atoms with Crippen molar-refractivity contribution in [3.63, 3.8) is 0 Å². The largest absolute Gasteiger partial charge is 0.480 e. The van der Waals surface area contributed by atoms with Crippen LogP contribution in [-0.4, -0.2) is 28.0 Å². The number of nitrogens with one attached hydrogen (secondary N) is 1. The molecule has 0 aliphatic carbocycles. The second kappa shape index (κ2) is 7.78. The Morgan fingerprint density at radius 2 is 2.11 bits per heavy atom. The minimum atomic E-state index is -0.873. The smallest absolute Gasteiger partial charge is 0.316 e. The number of rotatable bonds is 7. The van der Waals surface area contributed by atoms with Gasteiger partial charge in [0.15, 0.2) is 0 Å². The average Bonchev–Trinajstić information content (AvgIpc) is 2.37. The number of anilines is 1. The molecular weight excluding hydrogens is 269 g/mol. The molecule has 0 radical (unpaired) electrons. The lowest BCUT2D eigenvalue weighted by Crippen LogP contribution is -2.18. The summed E-state index contributed by atoms with van der Waals surface area (Å²) in [6, 6.07) is 5.92. The molecule has 1 amide bonds. The molecule has 0 aliphatic heterocycles. The summed E-state index contributed by atoms with van der Waals surface area (Å²) in [4.78, 5) is 22.3. The lowest BCUT2D eigenvalue weighted by Gasteiger charge is -2.09. The van der Waals surface area contributed by atoms with Gasteiger partial charge in [0.25, 0.3) is 0 Å². The number of hydrogen-bond acceptors (Lipinski definition) is 3. The summed E-state index contributed by atoms with van der Waals surface area (Å²) in [5, 5.41) is 10.8. The molecule has 4 nitrogen and oxygen atoms in total. The molecule has 0 heterocycles. The van der Waals surface area contributed by atoms with E-state index in [0.717, 1.165) is 0 Å². The van der Waals surface area contributed by atoms with Crippen LogP contribution in [0.1, 0.15) is 19.8 Å². The number of carbonyl (C=O) groups excluding carboxylic acids is 1. The topological polar surface area (TPSA) is 66.4 Å². The molecule has 1 rings (SSSR count). The standard InChI is InChI=1S/C13H16FNO3S/c1-2-11(13(17)18)19-8-7-12(16)15-10-6-4-3-5-9(10)14/h3-6,11H,2,7-8H2,1H3,(H,15,16)(H,17,18). The van der Waals surface area contributed by atoms with Crippen molar-refractivity contribution in [2.24, 2.45) is 0 Å². The van der Waals surface area contributed by atoms with Gasteiger partial charge in [-0.1, -0.05) is 19.1 Å². The van der Waals surface area contributed by atoms with Gasteiger partial charge in [0.2, 0.25) is 5.91 Å². The molecule has 0 bridgehead atoms. The van der Waals surface area contributed by atoms with E-state index in [9.17, 15) is 14.0 Å². The van der Waals surface area contributed by atoms with Crippen LogP contribution >= 0.6 is 11.8 Å². The van der Waals surface area contributed by atoms with Crippen LogP contribution in [0.15, 0.2) is 24.3 Å². The molecule has 0 spiro atoms. The predicted octanol–water partition coefficient (Wildman–Crippen LogP) is 2.75. The van der Waals surface area contributed by atoms with E-state index in [1.807, 2.05) is 0 Å². The molecular formula is C13H16FNO3S. The number of hydrogen-bond donors (Lipinski definition) is 2. The molecule has 19 heavy (non-hydrogen) atoms. The Hall–Kier alpha value is -1.56. The number of aliphatic carboxylic acids is 1. The maximum Gasteiger partial charge on any atom is 0.316 e. The zero-order valence-corrected chi connectivity index (χ0v) is 11.4. The Balaban J connectivity index is 2.36. The van der Waals surface area contributed by atoms with Gasteiger partial charge in [-0.25, -0.2) is 4.39 Å². The summed E-state index contributed by atoms with van der Waals surface area (Å²) in [5.41, 5.74) is 0.141. The molecule has 0 fully saturated rings. The molecule has 6 heteroatoms. The molecule has 0 saturated carbocycles. The number of carboxylic acids is 1. The van der Waals surface area contributed by atoms with Crippen molar-refractivity contribution in [2.45, 2.75) is 25.0 Å². The highest BCUT2D eigenvalue weighted by atomic mass is 32.2.